The van der Waals surface area contributed by atoms with Crippen molar-refractivity contribution in [3.63, 3.8) is 0 Å². The Hall–Kier alpha value is -11.0. The monoisotopic (exact) mass is 1030 g/mol. The Bertz CT molecular complexity index is 5480. The summed E-state index contributed by atoms with van der Waals surface area (Å²) in [4.78, 5) is 11.7. The second-order valence-corrected chi connectivity index (χ2v) is 21.2. The van der Waals surface area contributed by atoms with Crippen LogP contribution in [-0.2, 0) is 0 Å². The zero-order valence-corrected chi connectivity index (χ0v) is 43.5. The zero-order chi connectivity index (χ0) is 52.9. The lowest BCUT2D eigenvalue weighted by molar-refractivity contribution is 0.484. The summed E-state index contributed by atoms with van der Waals surface area (Å²) in [6.07, 6.45) is 0. The topological polar surface area (TPSA) is 53.7 Å². The number of aromatic nitrogens is 6. The van der Waals surface area contributed by atoms with Crippen LogP contribution in [0.4, 0.5) is 0 Å². The molecular formula is C74H44N6O. The standard InChI is InChI=1S/C74H44N6O/c1-3-27-59-47(19-1)49-21-5-11-33-63(49)77-65-35-13-9-25-53(65)57-29-17-31-61(71(57)77)75-73(59)79-67-37-15-7-23-51(67)55-41-39-45(43-69(55)79)81-46-40-42-56-52-24-8-16-38-68(52)80(70(56)44-46)74-60-28-4-2-20-48(60)50-22-6-12-34-64(50)78-66-36-14-10-26-54(66)58-30-18-32-62(76-74)72(58)78/h1-44H. The van der Waals surface area contributed by atoms with Crippen LogP contribution in [0.1, 0.15) is 0 Å². The molecule has 0 unspecified atom stereocenters. The van der Waals surface area contributed by atoms with Gasteiger partial charge in [0.15, 0.2) is 0 Å². The van der Waals surface area contributed by atoms with Gasteiger partial charge in [-0.05, 0) is 83.6 Å². The molecular weight excluding hydrogens is 989 g/mol. The minimum Gasteiger partial charge on any atom is -0.457 e. The molecule has 0 bridgehead atoms. The summed E-state index contributed by atoms with van der Waals surface area (Å²) < 4.78 is 16.7. The van der Waals surface area contributed by atoms with Crippen LogP contribution in [0.25, 0.3) is 153 Å². The lowest BCUT2D eigenvalue weighted by Gasteiger charge is -2.12. The number of nitrogens with zero attached hydrogens (tertiary/aromatic N) is 6. The molecule has 0 aliphatic carbocycles. The van der Waals surface area contributed by atoms with E-state index < -0.39 is 0 Å². The van der Waals surface area contributed by atoms with E-state index in [0.717, 1.165) is 142 Å². The molecule has 0 amide bonds. The van der Waals surface area contributed by atoms with Crippen molar-refractivity contribution < 1.29 is 4.74 Å². The van der Waals surface area contributed by atoms with Gasteiger partial charge < -0.3 is 13.5 Å². The Morgan fingerprint density at radius 2 is 0.506 bits per heavy atom. The second kappa shape index (κ2) is 16.7. The summed E-state index contributed by atoms with van der Waals surface area (Å²) in [7, 11) is 0. The van der Waals surface area contributed by atoms with Crippen molar-refractivity contribution in [2.24, 2.45) is 0 Å². The van der Waals surface area contributed by atoms with Gasteiger partial charge in [0.05, 0.1) is 66.2 Å². The highest BCUT2D eigenvalue weighted by Gasteiger charge is 2.22. The summed E-state index contributed by atoms with van der Waals surface area (Å²) >= 11 is 0. The van der Waals surface area contributed by atoms with Gasteiger partial charge in [0, 0.05) is 76.8 Å². The molecule has 12 aromatic carbocycles. The molecule has 0 saturated heterocycles. The van der Waals surface area contributed by atoms with Crippen LogP contribution in [0.3, 0.4) is 0 Å². The maximum absolute atomic E-state index is 7.17. The lowest BCUT2D eigenvalue weighted by atomic mass is 10.1. The molecule has 18 rings (SSSR count). The average molecular weight is 1030 g/mol. The lowest BCUT2D eigenvalue weighted by Crippen LogP contribution is -1.98. The van der Waals surface area contributed by atoms with Gasteiger partial charge in [-0.15, -0.1) is 0 Å². The number of benzene rings is 12. The molecule has 0 aliphatic heterocycles. The first-order chi connectivity index (χ1) is 40.2. The third kappa shape index (κ3) is 6.22. The molecule has 0 saturated carbocycles. The molecule has 6 aromatic heterocycles. The molecule has 18 aromatic rings. The van der Waals surface area contributed by atoms with Crippen molar-refractivity contribution in [2.75, 3.05) is 0 Å². The Kier molecular flexibility index (Phi) is 9.10. The van der Waals surface area contributed by atoms with E-state index in [0.29, 0.717) is 11.5 Å². The molecule has 0 fully saturated rings. The van der Waals surface area contributed by atoms with Gasteiger partial charge in [-0.1, -0.05) is 182 Å². The van der Waals surface area contributed by atoms with Crippen LogP contribution in [0.2, 0.25) is 0 Å². The number of hydrogen-bond acceptors (Lipinski definition) is 3. The normalized spacial score (nSPS) is 12.2. The second-order valence-electron chi connectivity index (χ2n) is 21.2. The first-order valence-electron chi connectivity index (χ1n) is 27.6. The highest BCUT2D eigenvalue weighted by molar-refractivity contribution is 6.20. The molecule has 81 heavy (non-hydrogen) atoms. The van der Waals surface area contributed by atoms with E-state index in [2.05, 4.69) is 285 Å². The Morgan fingerprint density at radius 1 is 0.222 bits per heavy atom. The SMILES string of the molecule is c1ccc2c(c1)c(-n1c3ccccc3c3ccc(Oc4ccc5c6ccccc6n(-c6nc7cccc8c9ccccc9n(c9ccccc9c9ccccc69)c78)c5c4)cc31)nc1cccc3c4ccccc4n(c4ccccc24)c13. The summed E-state index contributed by atoms with van der Waals surface area (Å²) in [5.74, 6) is 3.07. The molecule has 0 aliphatic rings. The first kappa shape index (κ1) is 44.0. The Balaban J connectivity index is 0.892. The number of ether oxygens (including phenoxy) is 1. The van der Waals surface area contributed by atoms with Gasteiger partial charge in [-0.3, -0.25) is 9.13 Å². The highest BCUT2D eigenvalue weighted by Crippen LogP contribution is 2.43. The molecule has 0 spiro atoms. The third-order valence-electron chi connectivity index (χ3n) is 17.0. The van der Waals surface area contributed by atoms with Crippen LogP contribution in [0, 0.1) is 0 Å². The van der Waals surface area contributed by atoms with Crippen LogP contribution < -0.4 is 4.74 Å². The van der Waals surface area contributed by atoms with E-state index in [1.54, 1.807) is 0 Å². The van der Waals surface area contributed by atoms with Gasteiger partial charge >= 0.3 is 0 Å². The summed E-state index contributed by atoms with van der Waals surface area (Å²) in [5.41, 5.74) is 12.5. The fraction of sp³-hybridized carbons (Fsp3) is 0. The smallest absolute Gasteiger partial charge is 0.146 e. The third-order valence-corrected chi connectivity index (χ3v) is 17.0. The van der Waals surface area contributed by atoms with Gasteiger partial charge in [0.1, 0.15) is 23.1 Å². The highest BCUT2D eigenvalue weighted by atomic mass is 16.5. The number of hydrogen-bond donors (Lipinski definition) is 0. The van der Waals surface area contributed by atoms with E-state index in [-0.39, 0.29) is 0 Å². The van der Waals surface area contributed by atoms with Gasteiger partial charge in [-0.2, -0.15) is 0 Å². The average Bonchev–Trinajstić information content (AvgIpc) is 4.43. The first-order valence-corrected chi connectivity index (χ1v) is 27.6. The van der Waals surface area contributed by atoms with Crippen molar-refractivity contribution in [3.05, 3.63) is 267 Å². The summed E-state index contributed by atoms with van der Waals surface area (Å²) in [5, 5.41) is 15.7. The van der Waals surface area contributed by atoms with Crippen LogP contribution in [0.5, 0.6) is 11.5 Å². The fourth-order valence-corrected chi connectivity index (χ4v) is 13.6. The van der Waals surface area contributed by atoms with Crippen molar-refractivity contribution in [3.8, 4) is 23.1 Å². The molecule has 7 nitrogen and oxygen atoms in total. The van der Waals surface area contributed by atoms with Crippen molar-refractivity contribution in [1.82, 2.24) is 27.9 Å². The molecule has 0 N–H and O–H groups in total. The molecule has 0 atom stereocenters. The van der Waals surface area contributed by atoms with E-state index in [1.807, 2.05) is 0 Å². The number of rotatable bonds is 4. The molecule has 6 heterocycles. The number of fused-ring (bicyclic) bond motifs is 20. The molecule has 7 heteroatoms. The van der Waals surface area contributed by atoms with Gasteiger partial charge in [-0.25, -0.2) is 9.97 Å². The summed E-state index contributed by atoms with van der Waals surface area (Å²) in [6, 6.07) is 95.8. The summed E-state index contributed by atoms with van der Waals surface area (Å²) in [6.45, 7) is 0. The largest absolute Gasteiger partial charge is 0.457 e. The maximum Gasteiger partial charge on any atom is 0.146 e. The van der Waals surface area contributed by atoms with Crippen LogP contribution >= 0.6 is 0 Å². The Morgan fingerprint density at radius 3 is 0.889 bits per heavy atom. The zero-order valence-electron chi connectivity index (χ0n) is 43.5. The van der Waals surface area contributed by atoms with Crippen LogP contribution in [-0.4, -0.2) is 27.9 Å². The van der Waals surface area contributed by atoms with E-state index in [9.17, 15) is 0 Å². The number of para-hydroxylation sites is 8. The Labute approximate surface area is 461 Å². The van der Waals surface area contributed by atoms with Gasteiger partial charge in [0.25, 0.3) is 0 Å². The van der Waals surface area contributed by atoms with Crippen LogP contribution in [0.15, 0.2) is 267 Å². The molecule has 0 radical (unpaired) electrons. The van der Waals surface area contributed by atoms with Crippen molar-refractivity contribution >= 4 is 142 Å². The minimum atomic E-state index is 0.708. The van der Waals surface area contributed by atoms with E-state index in [1.165, 1.54) is 10.8 Å². The fourth-order valence-electron chi connectivity index (χ4n) is 13.6. The van der Waals surface area contributed by atoms with E-state index >= 15 is 0 Å². The van der Waals surface area contributed by atoms with Gasteiger partial charge in [0.2, 0.25) is 0 Å². The minimum absolute atomic E-state index is 0.708. The predicted octanol–water partition coefficient (Wildman–Crippen LogP) is 19.3. The maximum atomic E-state index is 7.17. The predicted molar refractivity (Wildman–Crippen MR) is 337 cm³/mol. The van der Waals surface area contributed by atoms with Crippen molar-refractivity contribution in [1.29, 1.82) is 0 Å². The molecule has 376 valence electrons. The van der Waals surface area contributed by atoms with E-state index in [4.69, 9.17) is 14.7 Å². The van der Waals surface area contributed by atoms with Crippen molar-refractivity contribution in [2.45, 2.75) is 0 Å². The quantitative estimate of drug-likeness (QED) is 0.176.